The summed E-state index contributed by atoms with van der Waals surface area (Å²) in [5.41, 5.74) is 0.756. The summed E-state index contributed by atoms with van der Waals surface area (Å²) in [5, 5.41) is 10.3. The molecule has 0 amide bonds. The second-order valence-electron chi connectivity index (χ2n) is 10.00. The number of hydrogen-bond acceptors (Lipinski definition) is 1. The Bertz CT molecular complexity index is 463. The van der Waals surface area contributed by atoms with Crippen molar-refractivity contribution in [2.45, 2.75) is 90.8 Å². The normalized spacial score (nSPS) is 57.3. The quantitative estimate of drug-likeness (QED) is 0.688. The van der Waals surface area contributed by atoms with Gasteiger partial charge in [0.25, 0.3) is 0 Å². The van der Waals surface area contributed by atoms with Gasteiger partial charge in [0.05, 0.1) is 6.10 Å². The van der Waals surface area contributed by atoms with E-state index in [9.17, 15) is 9.50 Å². The monoisotopic (exact) mass is 322 g/mol. The van der Waals surface area contributed by atoms with Gasteiger partial charge in [0.15, 0.2) is 0 Å². The molecule has 0 saturated heterocycles. The van der Waals surface area contributed by atoms with Gasteiger partial charge >= 0.3 is 0 Å². The summed E-state index contributed by atoms with van der Waals surface area (Å²) in [7, 11) is 0. The minimum atomic E-state index is -0.537. The van der Waals surface area contributed by atoms with E-state index >= 15 is 0 Å². The van der Waals surface area contributed by atoms with Crippen molar-refractivity contribution in [1.29, 1.82) is 0 Å². The minimum Gasteiger partial charge on any atom is -0.393 e. The topological polar surface area (TPSA) is 20.2 Å². The first-order valence-electron chi connectivity index (χ1n) is 10.2. The van der Waals surface area contributed by atoms with Crippen molar-refractivity contribution in [2.75, 3.05) is 0 Å². The standard InChI is InChI=1S/C21H35FO/c1-13(23)17-6-7-18-16-5-4-14-12-15(22)8-10-20(14,2)19(16)9-11-21(17,18)3/h13-19,23H,4-12H2,1-3H3/t13-,14+,15-,16+,17-,18+,19+,20+,21-/m1/s1. The van der Waals surface area contributed by atoms with E-state index in [1.54, 1.807) is 0 Å². The third-order valence-corrected chi connectivity index (χ3v) is 9.26. The van der Waals surface area contributed by atoms with E-state index in [0.717, 1.165) is 37.0 Å². The van der Waals surface area contributed by atoms with Gasteiger partial charge in [-0.2, -0.15) is 0 Å². The Labute approximate surface area is 141 Å². The van der Waals surface area contributed by atoms with Crippen molar-refractivity contribution < 1.29 is 9.50 Å². The summed E-state index contributed by atoms with van der Waals surface area (Å²) in [6, 6.07) is 0. The fourth-order valence-corrected chi connectivity index (χ4v) is 8.04. The van der Waals surface area contributed by atoms with Crippen LogP contribution in [0.5, 0.6) is 0 Å². The van der Waals surface area contributed by atoms with Gasteiger partial charge in [0.1, 0.15) is 6.17 Å². The maximum atomic E-state index is 13.9. The highest BCUT2D eigenvalue weighted by molar-refractivity contribution is 5.09. The van der Waals surface area contributed by atoms with E-state index in [1.807, 2.05) is 6.92 Å². The lowest BCUT2D eigenvalue weighted by molar-refractivity contribution is -0.126. The Morgan fingerprint density at radius 2 is 1.61 bits per heavy atom. The van der Waals surface area contributed by atoms with Crippen LogP contribution >= 0.6 is 0 Å². The Kier molecular flexibility index (Phi) is 3.87. The predicted molar refractivity (Wildman–Crippen MR) is 91.8 cm³/mol. The molecule has 4 rings (SSSR count). The van der Waals surface area contributed by atoms with E-state index in [4.69, 9.17) is 0 Å². The number of alkyl halides is 1. The zero-order valence-electron chi connectivity index (χ0n) is 15.2. The second-order valence-corrected chi connectivity index (χ2v) is 10.00. The van der Waals surface area contributed by atoms with Crippen LogP contribution in [-0.2, 0) is 0 Å². The smallest absolute Gasteiger partial charge is 0.100 e. The molecule has 0 heterocycles. The largest absolute Gasteiger partial charge is 0.393 e. The highest BCUT2D eigenvalue weighted by Gasteiger charge is 2.60. The second kappa shape index (κ2) is 5.44. The molecule has 4 fully saturated rings. The van der Waals surface area contributed by atoms with E-state index in [0.29, 0.717) is 22.7 Å². The molecule has 0 aromatic carbocycles. The molecule has 1 nitrogen and oxygen atoms in total. The first-order chi connectivity index (χ1) is 10.9. The minimum absolute atomic E-state index is 0.157. The van der Waals surface area contributed by atoms with Crippen LogP contribution in [0.1, 0.15) is 78.6 Å². The Balaban J connectivity index is 1.60. The van der Waals surface area contributed by atoms with Crippen molar-refractivity contribution in [2.24, 2.45) is 40.4 Å². The lowest BCUT2D eigenvalue weighted by atomic mass is 9.44. The fourth-order valence-electron chi connectivity index (χ4n) is 8.04. The molecule has 0 aromatic heterocycles. The van der Waals surface area contributed by atoms with Gasteiger partial charge in [0.2, 0.25) is 0 Å². The van der Waals surface area contributed by atoms with E-state index < -0.39 is 6.17 Å². The number of aliphatic hydroxyl groups is 1. The van der Waals surface area contributed by atoms with Crippen molar-refractivity contribution in [3.8, 4) is 0 Å². The maximum Gasteiger partial charge on any atom is 0.100 e. The molecular weight excluding hydrogens is 287 g/mol. The molecule has 23 heavy (non-hydrogen) atoms. The molecule has 0 aliphatic heterocycles. The molecule has 0 aromatic rings. The third-order valence-electron chi connectivity index (χ3n) is 9.26. The van der Waals surface area contributed by atoms with Crippen LogP contribution in [0, 0.1) is 40.4 Å². The molecule has 0 radical (unpaired) electrons. The zero-order chi connectivity index (χ0) is 16.4. The van der Waals surface area contributed by atoms with Gasteiger partial charge in [-0.1, -0.05) is 13.8 Å². The highest BCUT2D eigenvalue weighted by Crippen LogP contribution is 2.67. The van der Waals surface area contributed by atoms with Crippen molar-refractivity contribution in [3.63, 3.8) is 0 Å². The summed E-state index contributed by atoms with van der Waals surface area (Å²) < 4.78 is 13.9. The Hall–Kier alpha value is -0.110. The summed E-state index contributed by atoms with van der Waals surface area (Å²) in [4.78, 5) is 0. The summed E-state index contributed by atoms with van der Waals surface area (Å²) in [6.45, 7) is 6.99. The lowest BCUT2D eigenvalue weighted by Gasteiger charge is -2.61. The summed E-state index contributed by atoms with van der Waals surface area (Å²) in [5.74, 6) is 3.60. The average molecular weight is 323 g/mol. The molecular formula is C21H35FO. The summed E-state index contributed by atoms with van der Waals surface area (Å²) in [6.07, 6.45) is 9.78. The van der Waals surface area contributed by atoms with Crippen molar-refractivity contribution in [1.82, 2.24) is 0 Å². The van der Waals surface area contributed by atoms with E-state index in [1.165, 1.54) is 38.5 Å². The first-order valence-corrected chi connectivity index (χ1v) is 10.2. The van der Waals surface area contributed by atoms with Crippen LogP contribution in [0.4, 0.5) is 4.39 Å². The molecule has 9 atom stereocenters. The van der Waals surface area contributed by atoms with Crippen LogP contribution in [0.15, 0.2) is 0 Å². The zero-order valence-corrected chi connectivity index (χ0v) is 15.2. The molecule has 0 unspecified atom stereocenters. The molecule has 4 saturated carbocycles. The number of hydrogen-bond donors (Lipinski definition) is 1. The van der Waals surface area contributed by atoms with Crippen LogP contribution in [0.25, 0.3) is 0 Å². The van der Waals surface area contributed by atoms with Crippen LogP contribution in [0.3, 0.4) is 0 Å². The summed E-state index contributed by atoms with van der Waals surface area (Å²) >= 11 is 0. The van der Waals surface area contributed by atoms with E-state index in [2.05, 4.69) is 13.8 Å². The van der Waals surface area contributed by atoms with E-state index in [-0.39, 0.29) is 6.10 Å². The van der Waals surface area contributed by atoms with Crippen LogP contribution in [0.2, 0.25) is 0 Å². The Morgan fingerprint density at radius 3 is 2.35 bits per heavy atom. The van der Waals surface area contributed by atoms with Gasteiger partial charge in [0, 0.05) is 0 Å². The van der Waals surface area contributed by atoms with Gasteiger partial charge in [-0.25, -0.2) is 4.39 Å². The van der Waals surface area contributed by atoms with Gasteiger partial charge in [-0.3, -0.25) is 0 Å². The van der Waals surface area contributed by atoms with Gasteiger partial charge < -0.3 is 5.11 Å². The van der Waals surface area contributed by atoms with Gasteiger partial charge in [-0.05, 0) is 105 Å². The molecule has 0 bridgehead atoms. The SMILES string of the molecule is C[C@@H](O)[C@H]1CC[C@H]2[C@@H]3CC[C@H]4C[C@H](F)CC[C@]4(C)[C@H]3CC[C@]12C. The van der Waals surface area contributed by atoms with Gasteiger partial charge in [-0.15, -0.1) is 0 Å². The Morgan fingerprint density at radius 1 is 0.913 bits per heavy atom. The number of halogens is 1. The highest BCUT2D eigenvalue weighted by atomic mass is 19.1. The predicted octanol–water partition coefficient (Wildman–Crippen LogP) is 5.36. The molecule has 4 aliphatic carbocycles. The van der Waals surface area contributed by atoms with Crippen LogP contribution < -0.4 is 0 Å². The first kappa shape index (κ1) is 16.4. The maximum absolute atomic E-state index is 13.9. The molecule has 2 heteroatoms. The number of aliphatic hydroxyl groups excluding tert-OH is 1. The lowest BCUT2D eigenvalue weighted by Crippen LogP contribution is -2.54. The van der Waals surface area contributed by atoms with Crippen molar-refractivity contribution >= 4 is 0 Å². The molecule has 1 N–H and O–H groups in total. The van der Waals surface area contributed by atoms with Crippen molar-refractivity contribution in [3.05, 3.63) is 0 Å². The number of rotatable bonds is 1. The van der Waals surface area contributed by atoms with Crippen LogP contribution in [-0.4, -0.2) is 17.4 Å². The molecule has 4 aliphatic rings. The average Bonchev–Trinajstić information content (AvgIpc) is 2.85. The molecule has 0 spiro atoms. The number of fused-ring (bicyclic) bond motifs is 5. The molecule has 132 valence electrons. The fraction of sp³-hybridized carbons (Fsp3) is 1.00. The third kappa shape index (κ3) is 2.26.